The maximum atomic E-state index is 12.1. The normalized spacial score (nSPS) is 25.8. The third-order valence-electron chi connectivity index (χ3n) is 3.94. The molecule has 2 aromatic rings. The van der Waals surface area contributed by atoms with Gasteiger partial charge in [0.05, 0.1) is 30.5 Å². The second-order valence-electron chi connectivity index (χ2n) is 5.37. The summed E-state index contributed by atoms with van der Waals surface area (Å²) in [6.45, 7) is 1.49. The standard InChI is InChI=1S/C14H18N4O6.ClH/c1-2-23-11(15)6-3-18(12-8(6)13(22)17-5-16-12)14-10(21)9(20)7(4-19)24-14;/h3,5,7,9-10,14-15,19-21H,2,4H2,1H3,(H,16,17,22);1H. The second-order valence-corrected chi connectivity index (χ2v) is 5.37. The molecule has 0 aliphatic carbocycles. The quantitative estimate of drug-likeness (QED) is 0.344. The van der Waals surface area contributed by atoms with Gasteiger partial charge in [-0.05, 0) is 6.92 Å². The number of halogens is 1. The van der Waals surface area contributed by atoms with E-state index >= 15 is 0 Å². The van der Waals surface area contributed by atoms with Gasteiger partial charge in [-0.25, -0.2) is 4.98 Å². The van der Waals surface area contributed by atoms with Crippen molar-refractivity contribution in [2.75, 3.05) is 13.2 Å². The van der Waals surface area contributed by atoms with Crippen LogP contribution in [0.25, 0.3) is 11.0 Å². The third-order valence-corrected chi connectivity index (χ3v) is 3.94. The highest BCUT2D eigenvalue weighted by Crippen LogP contribution is 2.32. The molecule has 10 nitrogen and oxygen atoms in total. The molecule has 0 amide bonds. The predicted octanol–water partition coefficient (Wildman–Crippen LogP) is -0.880. The van der Waals surface area contributed by atoms with Gasteiger partial charge in [-0.2, -0.15) is 0 Å². The van der Waals surface area contributed by atoms with Gasteiger partial charge < -0.3 is 34.3 Å². The Morgan fingerprint density at radius 1 is 1.48 bits per heavy atom. The average molecular weight is 375 g/mol. The first-order valence-electron chi connectivity index (χ1n) is 7.42. The number of aliphatic hydroxyl groups excluding tert-OH is 3. The van der Waals surface area contributed by atoms with Gasteiger partial charge >= 0.3 is 0 Å². The maximum absolute atomic E-state index is 12.1. The van der Waals surface area contributed by atoms with Crippen molar-refractivity contribution < 1.29 is 24.8 Å². The number of ether oxygens (including phenoxy) is 2. The SMILES string of the molecule is CCOC(=N)c1cn(C2OC(CO)C(O)C2O)c2nc[nH]c(=O)c12.Cl. The van der Waals surface area contributed by atoms with Gasteiger partial charge in [-0.3, -0.25) is 10.2 Å². The minimum Gasteiger partial charge on any atom is -0.478 e. The van der Waals surface area contributed by atoms with Gasteiger partial charge in [0.25, 0.3) is 5.56 Å². The van der Waals surface area contributed by atoms with Gasteiger partial charge in [0.15, 0.2) is 6.23 Å². The first kappa shape index (κ1) is 19.3. The fourth-order valence-electron chi connectivity index (χ4n) is 2.79. The van der Waals surface area contributed by atoms with Gasteiger partial charge in [-0.1, -0.05) is 0 Å². The average Bonchev–Trinajstić information content (AvgIpc) is 3.08. The molecule has 2 aromatic heterocycles. The number of aromatic amines is 1. The molecule has 138 valence electrons. The zero-order chi connectivity index (χ0) is 17.4. The van der Waals surface area contributed by atoms with E-state index in [9.17, 15) is 20.1 Å². The number of hydrogen-bond donors (Lipinski definition) is 5. The molecule has 1 aliphatic heterocycles. The summed E-state index contributed by atoms with van der Waals surface area (Å²) in [5, 5.41) is 37.4. The Morgan fingerprint density at radius 2 is 2.20 bits per heavy atom. The summed E-state index contributed by atoms with van der Waals surface area (Å²) < 4.78 is 12.0. The van der Waals surface area contributed by atoms with Gasteiger partial charge in [0, 0.05) is 6.20 Å². The van der Waals surface area contributed by atoms with E-state index in [2.05, 4.69) is 9.97 Å². The Labute approximate surface area is 147 Å². The predicted molar refractivity (Wildman–Crippen MR) is 89.1 cm³/mol. The van der Waals surface area contributed by atoms with Gasteiger partial charge in [0.2, 0.25) is 5.90 Å². The fraction of sp³-hybridized carbons (Fsp3) is 0.500. The Bertz CT molecular complexity index is 821. The number of rotatable bonds is 4. The Hall–Kier alpha value is -1.98. The molecule has 11 heteroatoms. The summed E-state index contributed by atoms with van der Waals surface area (Å²) in [6, 6.07) is 0. The molecule has 0 aromatic carbocycles. The first-order valence-corrected chi connectivity index (χ1v) is 7.42. The van der Waals surface area contributed by atoms with E-state index in [0.29, 0.717) is 0 Å². The number of aromatic nitrogens is 3. The summed E-state index contributed by atoms with van der Waals surface area (Å²) >= 11 is 0. The van der Waals surface area contributed by atoms with Crippen molar-refractivity contribution in [3.8, 4) is 0 Å². The minimum absolute atomic E-state index is 0. The topological polar surface area (TPSA) is 154 Å². The van der Waals surface area contributed by atoms with Crippen LogP contribution >= 0.6 is 12.4 Å². The number of nitrogens with zero attached hydrogens (tertiary/aromatic N) is 2. The lowest BCUT2D eigenvalue weighted by molar-refractivity contribution is -0.0508. The lowest BCUT2D eigenvalue weighted by Crippen LogP contribution is -2.33. The number of aliphatic hydroxyl groups is 3. The first-order chi connectivity index (χ1) is 11.5. The van der Waals surface area contributed by atoms with Gasteiger partial charge in [-0.15, -0.1) is 12.4 Å². The number of H-pyrrole nitrogens is 1. The van der Waals surface area contributed by atoms with E-state index in [0.717, 1.165) is 0 Å². The van der Waals surface area contributed by atoms with Crippen molar-refractivity contribution in [1.29, 1.82) is 5.41 Å². The smallest absolute Gasteiger partial charge is 0.261 e. The second kappa shape index (κ2) is 7.50. The van der Waals surface area contributed by atoms with Crippen LogP contribution in [0.4, 0.5) is 0 Å². The van der Waals surface area contributed by atoms with E-state index in [1.54, 1.807) is 6.92 Å². The van der Waals surface area contributed by atoms with Crippen LogP contribution in [0, 0.1) is 5.41 Å². The zero-order valence-electron chi connectivity index (χ0n) is 13.2. The molecule has 0 bridgehead atoms. The zero-order valence-corrected chi connectivity index (χ0v) is 14.1. The maximum Gasteiger partial charge on any atom is 0.261 e. The highest BCUT2D eigenvalue weighted by Gasteiger charge is 2.44. The molecule has 5 N–H and O–H groups in total. The Morgan fingerprint density at radius 3 is 2.80 bits per heavy atom. The van der Waals surface area contributed by atoms with Crippen LogP contribution in [0.2, 0.25) is 0 Å². The molecular formula is C14H19ClN4O6. The molecule has 3 heterocycles. The summed E-state index contributed by atoms with van der Waals surface area (Å²) in [7, 11) is 0. The van der Waals surface area contributed by atoms with E-state index in [1.807, 2.05) is 0 Å². The molecule has 3 rings (SSSR count). The third kappa shape index (κ3) is 3.14. The van der Waals surface area contributed by atoms with E-state index in [4.69, 9.17) is 14.9 Å². The van der Waals surface area contributed by atoms with Crippen molar-refractivity contribution >= 4 is 29.3 Å². The highest BCUT2D eigenvalue weighted by atomic mass is 35.5. The molecule has 0 radical (unpaired) electrons. The molecular weight excluding hydrogens is 356 g/mol. The van der Waals surface area contributed by atoms with Crippen molar-refractivity contribution in [2.24, 2.45) is 0 Å². The lowest BCUT2D eigenvalue weighted by Gasteiger charge is -2.17. The fourth-order valence-corrected chi connectivity index (χ4v) is 2.79. The van der Waals surface area contributed by atoms with Crippen molar-refractivity contribution in [3.05, 3.63) is 28.4 Å². The van der Waals surface area contributed by atoms with Crippen LogP contribution in [-0.2, 0) is 9.47 Å². The van der Waals surface area contributed by atoms with E-state index in [1.165, 1.54) is 17.1 Å². The van der Waals surface area contributed by atoms with Crippen LogP contribution in [0.5, 0.6) is 0 Å². The van der Waals surface area contributed by atoms with E-state index < -0.39 is 36.7 Å². The molecule has 4 atom stereocenters. The molecule has 1 fully saturated rings. The van der Waals surface area contributed by atoms with Crippen molar-refractivity contribution in [2.45, 2.75) is 31.5 Å². The largest absolute Gasteiger partial charge is 0.478 e. The number of nitrogens with one attached hydrogen (secondary N) is 2. The minimum atomic E-state index is -1.33. The monoisotopic (exact) mass is 374 g/mol. The van der Waals surface area contributed by atoms with E-state index in [-0.39, 0.29) is 41.5 Å². The van der Waals surface area contributed by atoms with Gasteiger partial charge in [0.1, 0.15) is 24.0 Å². The Balaban J connectivity index is 0.00000225. The lowest BCUT2D eigenvalue weighted by atomic mass is 10.1. The summed E-state index contributed by atoms with van der Waals surface area (Å²) in [5.41, 5.74) is -0.100. The van der Waals surface area contributed by atoms with Crippen LogP contribution in [0.1, 0.15) is 18.7 Å². The molecule has 4 unspecified atom stereocenters. The molecule has 0 saturated carbocycles. The van der Waals surface area contributed by atoms with Crippen LogP contribution in [-0.4, -0.2) is 67.3 Å². The Kier molecular flexibility index (Phi) is 5.80. The molecule has 1 saturated heterocycles. The number of hydrogen-bond acceptors (Lipinski definition) is 8. The summed E-state index contributed by atoms with van der Waals surface area (Å²) in [6.07, 6.45) is -2.03. The van der Waals surface area contributed by atoms with Crippen molar-refractivity contribution in [1.82, 2.24) is 14.5 Å². The molecule has 1 aliphatic rings. The van der Waals surface area contributed by atoms with Crippen LogP contribution < -0.4 is 5.56 Å². The van der Waals surface area contributed by atoms with Crippen LogP contribution in [0.15, 0.2) is 17.3 Å². The highest BCUT2D eigenvalue weighted by molar-refractivity contribution is 6.04. The summed E-state index contributed by atoms with van der Waals surface area (Å²) in [4.78, 5) is 18.7. The molecule has 0 spiro atoms. The summed E-state index contributed by atoms with van der Waals surface area (Å²) in [5.74, 6) is -0.216. The number of fused-ring (bicyclic) bond motifs is 1. The van der Waals surface area contributed by atoms with Crippen molar-refractivity contribution in [3.63, 3.8) is 0 Å². The molecule has 25 heavy (non-hydrogen) atoms. The van der Waals surface area contributed by atoms with Crippen LogP contribution in [0.3, 0.4) is 0 Å².